The molecule has 0 aliphatic heterocycles. The fraction of sp³-hybridized carbons (Fsp3) is 0.0909. The molecular weight excluding hydrogens is 315 g/mol. The predicted octanol–water partition coefficient (Wildman–Crippen LogP) is 5.49. The van der Waals surface area contributed by atoms with E-state index in [4.69, 9.17) is 23.2 Å². The Morgan fingerprint density at radius 2 is 2.07 bits per heavy atom. The first-order valence-electron chi connectivity index (χ1n) is 4.31. The van der Waals surface area contributed by atoms with E-state index < -0.39 is 0 Å². The molecule has 1 unspecified atom stereocenters. The molecular formula is C11H7BrCl2S. The van der Waals surface area contributed by atoms with Gasteiger partial charge in [0.05, 0.1) is 10.4 Å². The summed E-state index contributed by atoms with van der Waals surface area (Å²) >= 11 is 17.3. The lowest BCUT2D eigenvalue weighted by molar-refractivity contribution is 1.18. The quantitative estimate of drug-likeness (QED) is 0.641. The maximum absolute atomic E-state index is 6.34. The van der Waals surface area contributed by atoms with Gasteiger partial charge in [-0.2, -0.15) is 0 Å². The minimum Gasteiger partial charge on any atom is -0.147 e. The Morgan fingerprint density at radius 3 is 2.67 bits per heavy atom. The highest BCUT2D eigenvalue weighted by Crippen LogP contribution is 2.34. The number of hydrogen-bond donors (Lipinski definition) is 0. The van der Waals surface area contributed by atoms with Crippen molar-refractivity contribution >= 4 is 50.5 Å². The van der Waals surface area contributed by atoms with Gasteiger partial charge in [-0.1, -0.05) is 23.7 Å². The lowest BCUT2D eigenvalue weighted by atomic mass is 10.1. The number of alkyl halides is 1. The maximum atomic E-state index is 6.34. The van der Waals surface area contributed by atoms with Gasteiger partial charge in [-0.15, -0.1) is 22.9 Å². The van der Waals surface area contributed by atoms with Crippen LogP contribution in [-0.2, 0) is 0 Å². The van der Waals surface area contributed by atoms with Crippen LogP contribution in [0.25, 0.3) is 0 Å². The smallest absolute Gasteiger partial charge is 0.0928 e. The molecule has 0 amide bonds. The van der Waals surface area contributed by atoms with Crippen LogP contribution in [0.15, 0.2) is 40.2 Å². The number of rotatable bonds is 2. The van der Waals surface area contributed by atoms with E-state index in [2.05, 4.69) is 15.9 Å². The van der Waals surface area contributed by atoms with E-state index in [9.17, 15) is 0 Å². The van der Waals surface area contributed by atoms with Gasteiger partial charge in [0.25, 0.3) is 0 Å². The minimum atomic E-state index is -0.0985. The van der Waals surface area contributed by atoms with Crippen LogP contribution in [0.4, 0.5) is 0 Å². The molecule has 0 fully saturated rings. The van der Waals surface area contributed by atoms with E-state index in [0.29, 0.717) is 5.02 Å². The first-order valence-corrected chi connectivity index (χ1v) is 6.79. The average Bonchev–Trinajstić information content (AvgIpc) is 2.74. The molecule has 0 nitrogen and oxygen atoms in total. The van der Waals surface area contributed by atoms with Gasteiger partial charge < -0.3 is 0 Å². The van der Waals surface area contributed by atoms with E-state index in [-0.39, 0.29) is 5.38 Å². The normalized spacial score (nSPS) is 12.7. The average molecular weight is 322 g/mol. The Bertz CT molecular complexity index is 454. The molecule has 1 atom stereocenters. The van der Waals surface area contributed by atoms with Gasteiger partial charge in [0.2, 0.25) is 0 Å². The summed E-state index contributed by atoms with van der Waals surface area (Å²) in [7, 11) is 0. The first-order chi connectivity index (χ1) is 7.18. The summed E-state index contributed by atoms with van der Waals surface area (Å²) in [5, 5.41) is 2.63. The van der Waals surface area contributed by atoms with Crippen molar-refractivity contribution in [3.05, 3.63) is 55.6 Å². The molecule has 0 radical (unpaired) electrons. The summed E-state index contributed by atoms with van der Waals surface area (Å²) in [5.41, 5.74) is 1.05. The fourth-order valence-electron chi connectivity index (χ4n) is 1.27. The van der Waals surface area contributed by atoms with Gasteiger partial charge in [-0.25, -0.2) is 0 Å². The second-order valence-corrected chi connectivity index (χ2v) is 5.73. The van der Waals surface area contributed by atoms with Crippen LogP contribution in [0.1, 0.15) is 15.8 Å². The molecule has 78 valence electrons. The third-order valence-corrected chi connectivity index (χ3v) is 4.80. The number of halogens is 3. The zero-order chi connectivity index (χ0) is 10.8. The van der Waals surface area contributed by atoms with E-state index in [1.807, 2.05) is 35.7 Å². The third-order valence-electron chi connectivity index (χ3n) is 2.03. The van der Waals surface area contributed by atoms with Crippen molar-refractivity contribution in [2.24, 2.45) is 0 Å². The molecule has 1 aromatic carbocycles. The summed E-state index contributed by atoms with van der Waals surface area (Å²) < 4.78 is 0.879. The van der Waals surface area contributed by atoms with E-state index in [1.165, 1.54) is 0 Å². The first kappa shape index (κ1) is 11.5. The number of thiophene rings is 1. The van der Waals surface area contributed by atoms with Crippen LogP contribution in [0, 0.1) is 0 Å². The minimum absolute atomic E-state index is 0.0985. The van der Waals surface area contributed by atoms with Gasteiger partial charge in [0.1, 0.15) is 0 Å². The highest BCUT2D eigenvalue weighted by Gasteiger charge is 2.12. The lowest BCUT2D eigenvalue weighted by Crippen LogP contribution is -1.89. The highest BCUT2D eigenvalue weighted by atomic mass is 79.9. The van der Waals surface area contributed by atoms with Crippen molar-refractivity contribution in [2.45, 2.75) is 5.38 Å². The number of benzene rings is 1. The van der Waals surface area contributed by atoms with Crippen LogP contribution >= 0.6 is 50.5 Å². The zero-order valence-electron chi connectivity index (χ0n) is 7.58. The molecule has 0 aliphatic carbocycles. The lowest BCUT2D eigenvalue weighted by Gasteiger charge is -2.08. The van der Waals surface area contributed by atoms with Gasteiger partial charge in [-0.05, 0) is 45.1 Å². The SMILES string of the molecule is Clc1ccc(C(Cl)c2cccs2)cc1Br. The molecule has 1 heterocycles. The number of hydrogen-bond acceptors (Lipinski definition) is 1. The molecule has 0 aliphatic rings. The van der Waals surface area contributed by atoms with Gasteiger partial charge in [0.15, 0.2) is 0 Å². The molecule has 0 bridgehead atoms. The Morgan fingerprint density at radius 1 is 1.27 bits per heavy atom. The van der Waals surface area contributed by atoms with Crippen LogP contribution < -0.4 is 0 Å². The van der Waals surface area contributed by atoms with Crippen molar-refractivity contribution in [3.8, 4) is 0 Å². The topological polar surface area (TPSA) is 0 Å². The summed E-state index contributed by atoms with van der Waals surface area (Å²) in [6.45, 7) is 0. The molecule has 0 saturated carbocycles. The molecule has 2 aromatic rings. The largest absolute Gasteiger partial charge is 0.147 e. The van der Waals surface area contributed by atoms with Crippen LogP contribution in [-0.4, -0.2) is 0 Å². The fourth-order valence-corrected chi connectivity index (χ4v) is 2.87. The maximum Gasteiger partial charge on any atom is 0.0928 e. The second-order valence-electron chi connectivity index (χ2n) is 3.05. The highest BCUT2D eigenvalue weighted by molar-refractivity contribution is 9.10. The summed E-state index contributed by atoms with van der Waals surface area (Å²) in [6, 6.07) is 9.79. The molecule has 15 heavy (non-hydrogen) atoms. The van der Waals surface area contributed by atoms with Crippen LogP contribution in [0.3, 0.4) is 0 Å². The standard InChI is InChI=1S/C11H7BrCl2S/c12-8-6-7(3-4-9(8)13)11(14)10-2-1-5-15-10/h1-6,11H. The van der Waals surface area contributed by atoms with E-state index in [0.717, 1.165) is 14.9 Å². The van der Waals surface area contributed by atoms with Crippen LogP contribution in [0.2, 0.25) is 5.02 Å². The third kappa shape index (κ3) is 2.56. The molecule has 4 heteroatoms. The van der Waals surface area contributed by atoms with Gasteiger partial charge >= 0.3 is 0 Å². The predicted molar refractivity (Wildman–Crippen MR) is 71.2 cm³/mol. The molecule has 1 aromatic heterocycles. The molecule has 0 N–H and O–H groups in total. The summed E-state index contributed by atoms with van der Waals surface area (Å²) in [6.07, 6.45) is 0. The van der Waals surface area contributed by atoms with Gasteiger partial charge in [0, 0.05) is 9.35 Å². The van der Waals surface area contributed by atoms with Crippen molar-refractivity contribution in [1.82, 2.24) is 0 Å². The summed E-state index contributed by atoms with van der Waals surface area (Å²) in [4.78, 5) is 1.14. The monoisotopic (exact) mass is 320 g/mol. The van der Waals surface area contributed by atoms with Crippen LogP contribution in [0.5, 0.6) is 0 Å². The van der Waals surface area contributed by atoms with Crippen molar-refractivity contribution in [2.75, 3.05) is 0 Å². The second kappa shape index (κ2) is 4.88. The summed E-state index contributed by atoms with van der Waals surface area (Å²) in [5.74, 6) is 0. The van der Waals surface area contributed by atoms with Crippen molar-refractivity contribution < 1.29 is 0 Å². The van der Waals surface area contributed by atoms with Gasteiger partial charge in [-0.3, -0.25) is 0 Å². The molecule has 0 spiro atoms. The van der Waals surface area contributed by atoms with Crippen molar-refractivity contribution in [3.63, 3.8) is 0 Å². The van der Waals surface area contributed by atoms with E-state index >= 15 is 0 Å². The Kier molecular flexibility index (Phi) is 3.73. The Hall–Kier alpha value is -0.0200. The van der Waals surface area contributed by atoms with Crippen molar-refractivity contribution in [1.29, 1.82) is 0 Å². The Labute approximate surface area is 111 Å². The van der Waals surface area contributed by atoms with E-state index in [1.54, 1.807) is 11.3 Å². The molecule has 0 saturated heterocycles. The zero-order valence-corrected chi connectivity index (χ0v) is 11.5. The Balaban J connectivity index is 2.34. The molecule has 2 rings (SSSR count).